The molecule has 2 atom stereocenters. The number of amides is 1. The van der Waals surface area contributed by atoms with Crippen LogP contribution in [-0.4, -0.2) is 72.4 Å². The number of alkyl halides is 1. The third-order valence-corrected chi connectivity index (χ3v) is 9.20. The van der Waals surface area contributed by atoms with Crippen LogP contribution in [0.4, 0.5) is 4.39 Å². The summed E-state index contributed by atoms with van der Waals surface area (Å²) in [6.07, 6.45) is 1.44. The molecule has 0 radical (unpaired) electrons. The number of hydrogen-bond acceptors (Lipinski definition) is 7. The van der Waals surface area contributed by atoms with Gasteiger partial charge in [0.05, 0.1) is 36.1 Å². The number of aromatic nitrogens is 5. The Labute approximate surface area is 264 Å². The maximum Gasteiger partial charge on any atom is 0.254 e. The number of aromatic hydroxyl groups is 1. The lowest BCUT2D eigenvalue weighted by Gasteiger charge is -2.33. The molecule has 234 valence electrons. The first-order chi connectivity index (χ1) is 22.2. The van der Waals surface area contributed by atoms with E-state index in [4.69, 9.17) is 20.4 Å². The van der Waals surface area contributed by atoms with Gasteiger partial charge in [0.15, 0.2) is 5.82 Å². The topological polar surface area (TPSA) is 124 Å². The summed E-state index contributed by atoms with van der Waals surface area (Å²) in [6.45, 7) is 1.14. The Bertz CT molecular complexity index is 2160. The van der Waals surface area contributed by atoms with Crippen molar-refractivity contribution in [1.29, 1.82) is 0 Å². The molecule has 1 aliphatic heterocycles. The fourth-order valence-corrected chi connectivity index (χ4v) is 6.72. The van der Waals surface area contributed by atoms with Crippen molar-refractivity contribution in [2.24, 2.45) is 18.7 Å². The lowest BCUT2D eigenvalue weighted by molar-refractivity contribution is 0.0606. The van der Waals surface area contributed by atoms with Gasteiger partial charge in [-0.3, -0.25) is 4.79 Å². The van der Waals surface area contributed by atoms with Gasteiger partial charge in [-0.05, 0) is 67.6 Å². The normalized spacial score (nSPS) is 18.6. The SMILES string of the molecule is COc1cc(C(=O)N2C[C@H](N)C[C@@H](F)C2)cc2nc(-c3cc4ccc(-c5ccc6ccc(O)nc6c5)nc4n3CC3CC3)n(C)c12. The summed E-state index contributed by atoms with van der Waals surface area (Å²) in [5.41, 5.74) is 12.0. The van der Waals surface area contributed by atoms with Gasteiger partial charge in [0.1, 0.15) is 23.1 Å². The number of likely N-dealkylation sites (tertiary alicyclic amines) is 1. The van der Waals surface area contributed by atoms with Gasteiger partial charge < -0.3 is 29.6 Å². The number of carbonyl (C=O) groups excluding carboxylic acids is 1. The summed E-state index contributed by atoms with van der Waals surface area (Å²) in [5.74, 6) is 1.50. The Balaban J connectivity index is 1.23. The minimum atomic E-state index is -1.14. The van der Waals surface area contributed by atoms with Gasteiger partial charge in [-0.15, -0.1) is 0 Å². The van der Waals surface area contributed by atoms with Crippen LogP contribution in [0.15, 0.2) is 60.7 Å². The van der Waals surface area contributed by atoms with Crippen molar-refractivity contribution < 1.29 is 19.0 Å². The molecule has 2 aliphatic rings. The van der Waals surface area contributed by atoms with Gasteiger partial charge in [0.25, 0.3) is 5.91 Å². The molecule has 0 spiro atoms. The minimum Gasteiger partial charge on any atom is -0.494 e. The highest BCUT2D eigenvalue weighted by molar-refractivity contribution is 6.00. The van der Waals surface area contributed by atoms with E-state index in [-0.39, 0.29) is 24.8 Å². The number of nitrogens with two attached hydrogens (primary N) is 1. The van der Waals surface area contributed by atoms with E-state index in [1.165, 1.54) is 17.7 Å². The van der Waals surface area contributed by atoms with Gasteiger partial charge >= 0.3 is 0 Å². The average Bonchev–Trinajstić information content (AvgIpc) is 3.72. The molecule has 10 nitrogen and oxygen atoms in total. The van der Waals surface area contributed by atoms with Crippen LogP contribution < -0.4 is 10.5 Å². The van der Waals surface area contributed by atoms with Crippen LogP contribution in [-0.2, 0) is 13.6 Å². The number of halogens is 1. The lowest BCUT2D eigenvalue weighted by Crippen LogP contribution is -2.50. The Hall–Kier alpha value is -5.03. The molecule has 46 heavy (non-hydrogen) atoms. The van der Waals surface area contributed by atoms with E-state index < -0.39 is 12.2 Å². The Morgan fingerprint density at radius 3 is 2.59 bits per heavy atom. The highest BCUT2D eigenvalue weighted by Gasteiger charge is 2.30. The first-order valence-electron chi connectivity index (χ1n) is 15.6. The molecule has 6 aromatic rings. The van der Waals surface area contributed by atoms with E-state index in [9.17, 15) is 14.3 Å². The van der Waals surface area contributed by atoms with Crippen LogP contribution in [0.25, 0.3) is 55.7 Å². The summed E-state index contributed by atoms with van der Waals surface area (Å²) in [4.78, 5) is 29.4. The number of nitrogens with zero attached hydrogens (tertiary/aromatic N) is 6. The zero-order chi connectivity index (χ0) is 31.7. The first kappa shape index (κ1) is 28.4. The van der Waals surface area contributed by atoms with Gasteiger partial charge in [-0.2, -0.15) is 0 Å². The number of carbonyl (C=O) groups is 1. The average molecular weight is 620 g/mol. The molecular weight excluding hydrogens is 585 g/mol. The van der Waals surface area contributed by atoms with Crippen molar-refractivity contribution in [3.8, 4) is 34.4 Å². The molecule has 11 heteroatoms. The number of methoxy groups -OCH3 is 1. The quantitative estimate of drug-likeness (QED) is 0.254. The molecule has 1 aliphatic carbocycles. The number of aryl methyl sites for hydroxylation is 1. The number of pyridine rings is 2. The zero-order valence-electron chi connectivity index (χ0n) is 25.7. The van der Waals surface area contributed by atoms with Gasteiger partial charge in [-0.25, -0.2) is 19.3 Å². The van der Waals surface area contributed by atoms with Crippen LogP contribution in [0.1, 0.15) is 29.6 Å². The van der Waals surface area contributed by atoms with E-state index in [2.05, 4.69) is 21.7 Å². The zero-order valence-corrected chi connectivity index (χ0v) is 25.7. The minimum absolute atomic E-state index is 0.0179. The molecule has 0 unspecified atom stereocenters. The Morgan fingerprint density at radius 2 is 1.80 bits per heavy atom. The molecule has 1 saturated carbocycles. The highest BCUT2D eigenvalue weighted by Crippen LogP contribution is 2.38. The van der Waals surface area contributed by atoms with E-state index in [0.717, 1.165) is 51.3 Å². The van der Waals surface area contributed by atoms with Crippen molar-refractivity contribution >= 4 is 38.9 Å². The maximum atomic E-state index is 14.3. The van der Waals surface area contributed by atoms with Gasteiger partial charge in [0, 0.05) is 54.1 Å². The molecule has 3 N–H and O–H groups in total. The van der Waals surface area contributed by atoms with Crippen molar-refractivity contribution in [3.63, 3.8) is 0 Å². The molecule has 0 bridgehead atoms. The number of imidazole rings is 1. The molecule has 8 rings (SSSR count). The fraction of sp³-hybridized carbons (Fsp3) is 0.314. The van der Waals surface area contributed by atoms with Crippen LogP contribution in [0.3, 0.4) is 0 Å². The molecule has 2 fully saturated rings. The second kappa shape index (κ2) is 10.8. The van der Waals surface area contributed by atoms with E-state index in [0.29, 0.717) is 34.8 Å². The standard InChI is InChI=1S/C35H34FN7O3/c1-41-32-28(12-23(14-30(32)46-2)35(45)42-17-24(36)15-25(37)18-42)40-34(41)29-13-22-7-9-26(39-33(22)43(29)16-19-3-4-19)21-6-5-20-8-10-31(44)38-27(20)11-21/h5-14,19,24-25H,3-4,15-18,37H2,1-2H3,(H,38,44)/t24-,25-/m1/s1. The molecule has 1 amide bonds. The van der Waals surface area contributed by atoms with Gasteiger partial charge in [0.2, 0.25) is 5.88 Å². The van der Waals surface area contributed by atoms with Crippen molar-refractivity contribution in [2.75, 3.05) is 20.2 Å². The Morgan fingerprint density at radius 1 is 1.00 bits per heavy atom. The number of fused-ring (bicyclic) bond motifs is 3. The summed E-state index contributed by atoms with van der Waals surface area (Å²) in [7, 11) is 3.52. The van der Waals surface area contributed by atoms with E-state index in [1.807, 2.05) is 41.9 Å². The van der Waals surface area contributed by atoms with Crippen molar-refractivity contribution in [1.82, 2.24) is 29.0 Å². The number of ether oxygens (including phenoxy) is 1. The summed E-state index contributed by atoms with van der Waals surface area (Å²) < 4.78 is 24.3. The Kier molecular flexibility index (Phi) is 6.68. The molecular formula is C35H34FN7O3. The van der Waals surface area contributed by atoms with Crippen LogP contribution in [0, 0.1) is 5.92 Å². The third-order valence-electron chi connectivity index (χ3n) is 9.20. The highest BCUT2D eigenvalue weighted by atomic mass is 19.1. The number of rotatable bonds is 6. The molecule has 4 aromatic heterocycles. The maximum absolute atomic E-state index is 14.3. The molecule has 1 saturated heterocycles. The fourth-order valence-electron chi connectivity index (χ4n) is 6.72. The summed E-state index contributed by atoms with van der Waals surface area (Å²) in [6, 6.07) is 18.6. The number of hydrogen-bond donors (Lipinski definition) is 2. The number of piperidine rings is 1. The predicted molar refractivity (Wildman–Crippen MR) is 175 cm³/mol. The van der Waals surface area contributed by atoms with Crippen molar-refractivity contribution in [3.05, 3.63) is 66.2 Å². The smallest absolute Gasteiger partial charge is 0.254 e. The lowest BCUT2D eigenvalue weighted by atomic mass is 10.0. The van der Waals surface area contributed by atoms with Crippen molar-refractivity contribution in [2.45, 2.75) is 38.0 Å². The largest absolute Gasteiger partial charge is 0.494 e. The van der Waals surface area contributed by atoms with Crippen LogP contribution >= 0.6 is 0 Å². The predicted octanol–water partition coefficient (Wildman–Crippen LogP) is 5.44. The molecule has 5 heterocycles. The summed E-state index contributed by atoms with van der Waals surface area (Å²) in [5, 5.41) is 11.8. The van der Waals surface area contributed by atoms with Gasteiger partial charge in [-0.1, -0.05) is 12.1 Å². The second-order valence-corrected chi connectivity index (χ2v) is 12.6. The summed E-state index contributed by atoms with van der Waals surface area (Å²) >= 11 is 0. The van der Waals surface area contributed by atoms with Crippen LogP contribution in [0.2, 0.25) is 0 Å². The van der Waals surface area contributed by atoms with Crippen LogP contribution in [0.5, 0.6) is 11.6 Å². The van der Waals surface area contributed by atoms with E-state index >= 15 is 0 Å². The first-order valence-corrected chi connectivity index (χ1v) is 15.6. The third kappa shape index (κ3) is 4.91. The molecule has 2 aromatic carbocycles. The number of benzene rings is 2. The monoisotopic (exact) mass is 619 g/mol. The van der Waals surface area contributed by atoms with E-state index in [1.54, 1.807) is 25.3 Å². The second-order valence-electron chi connectivity index (χ2n) is 12.6.